The lowest BCUT2D eigenvalue weighted by Gasteiger charge is -2.12. The number of hydrogen-bond acceptors (Lipinski definition) is 3. The van der Waals surface area contributed by atoms with Gasteiger partial charge < -0.3 is 0 Å². The van der Waals surface area contributed by atoms with E-state index in [9.17, 15) is 14.4 Å². The summed E-state index contributed by atoms with van der Waals surface area (Å²) in [5.41, 5.74) is 3.16. The zero-order valence-electron chi connectivity index (χ0n) is 25.6. The van der Waals surface area contributed by atoms with Crippen LogP contribution in [0, 0.1) is 23.8 Å². The molecule has 232 valence electrons. The lowest BCUT2D eigenvalue weighted by Crippen LogP contribution is -2.17. The van der Waals surface area contributed by atoms with Crippen LogP contribution in [0.25, 0.3) is 23.1 Å². The molecule has 0 aliphatic heterocycles. The summed E-state index contributed by atoms with van der Waals surface area (Å²) < 4.78 is 1.04. The van der Waals surface area contributed by atoms with Gasteiger partial charge in [-0.2, -0.15) is 0 Å². The van der Waals surface area contributed by atoms with E-state index in [-0.39, 0.29) is 34.6 Å². The smallest absolute Gasteiger partial charge is 0.187 e. The fourth-order valence-electron chi connectivity index (χ4n) is 3.65. The summed E-state index contributed by atoms with van der Waals surface area (Å²) in [6.45, 7) is 12.6. The maximum atomic E-state index is 11.6. The fraction of sp³-hybridized carbons (Fsp3) is 0.263. The Kier molecular flexibility index (Phi) is 13.7. The highest BCUT2D eigenvalue weighted by Crippen LogP contribution is 2.31. The van der Waals surface area contributed by atoms with E-state index < -0.39 is 0 Å². The number of allylic oxidation sites excluding steroid dienone is 3. The molecule has 2 fully saturated rings. The zero-order valence-corrected chi connectivity index (χ0v) is 28.7. The van der Waals surface area contributed by atoms with Crippen LogP contribution in [0.4, 0.5) is 5.69 Å². The molecule has 7 heteroatoms. The zero-order chi connectivity index (χ0) is 33.0. The molecule has 3 aromatic carbocycles. The standard InChI is InChI=1S/C13H15BrO.C13H11NO.C12H10Cl2O/c1-13(2,3)12(15)9-6-10-4-7-11(14)8-5-10;1-14-12-7-2-10(3-8-12)4-9-13(15)11-5-6-11;13-10-5-3-8(11(14)7-10)4-6-12(15)9-1-2-9/h4-9H,1-3H3;2-4,7-9,11H,5-6H2;3-7,9H,1-2H2/b9-6+;9-4+;6-4+. The summed E-state index contributed by atoms with van der Waals surface area (Å²) in [4.78, 5) is 37.7. The summed E-state index contributed by atoms with van der Waals surface area (Å²) in [7, 11) is 0. The number of nitrogens with zero attached hydrogens (tertiary/aromatic N) is 1. The molecule has 0 spiro atoms. The lowest BCUT2D eigenvalue weighted by molar-refractivity contribution is -0.121. The van der Waals surface area contributed by atoms with E-state index in [1.165, 1.54) is 0 Å². The van der Waals surface area contributed by atoms with Gasteiger partial charge in [-0.15, -0.1) is 0 Å². The predicted molar refractivity (Wildman–Crippen MR) is 190 cm³/mol. The molecule has 45 heavy (non-hydrogen) atoms. The van der Waals surface area contributed by atoms with Crippen LogP contribution in [-0.2, 0) is 14.4 Å². The first-order valence-corrected chi connectivity index (χ1v) is 16.2. The molecule has 0 amide bonds. The van der Waals surface area contributed by atoms with Crippen LogP contribution in [0.15, 0.2) is 89.4 Å². The van der Waals surface area contributed by atoms with Gasteiger partial charge in [0.15, 0.2) is 23.0 Å². The van der Waals surface area contributed by atoms with Crippen molar-refractivity contribution in [2.75, 3.05) is 0 Å². The van der Waals surface area contributed by atoms with E-state index in [0.717, 1.165) is 46.8 Å². The van der Waals surface area contributed by atoms with Gasteiger partial charge >= 0.3 is 0 Å². The summed E-state index contributed by atoms with van der Waals surface area (Å²) in [5.74, 6) is 1.10. The van der Waals surface area contributed by atoms with Gasteiger partial charge in [0, 0.05) is 31.8 Å². The molecule has 0 bridgehead atoms. The molecule has 0 heterocycles. The highest BCUT2D eigenvalue weighted by molar-refractivity contribution is 9.10. The van der Waals surface area contributed by atoms with Crippen LogP contribution in [0.1, 0.15) is 63.1 Å². The lowest BCUT2D eigenvalue weighted by atomic mass is 9.90. The van der Waals surface area contributed by atoms with Gasteiger partial charge in [0.2, 0.25) is 0 Å². The van der Waals surface area contributed by atoms with Crippen molar-refractivity contribution in [1.29, 1.82) is 0 Å². The number of rotatable bonds is 8. The van der Waals surface area contributed by atoms with Crippen molar-refractivity contribution in [1.82, 2.24) is 0 Å². The van der Waals surface area contributed by atoms with E-state index in [1.807, 2.05) is 69.3 Å². The summed E-state index contributed by atoms with van der Waals surface area (Å²) in [6.07, 6.45) is 14.4. The first-order valence-electron chi connectivity index (χ1n) is 14.7. The van der Waals surface area contributed by atoms with Crippen LogP contribution in [0.3, 0.4) is 0 Å². The third-order valence-electron chi connectivity index (χ3n) is 6.85. The molecule has 2 saturated carbocycles. The van der Waals surface area contributed by atoms with Crippen LogP contribution < -0.4 is 0 Å². The molecule has 0 atom stereocenters. The van der Waals surface area contributed by atoms with Crippen LogP contribution in [-0.4, -0.2) is 17.3 Å². The maximum absolute atomic E-state index is 11.6. The second-order valence-corrected chi connectivity index (χ2v) is 13.6. The number of hydrogen-bond donors (Lipinski definition) is 0. The molecule has 2 aliphatic carbocycles. The SMILES string of the molecule is CC(C)(C)C(=O)/C=C/c1ccc(Br)cc1.O=C(/C=C/c1ccc(Cl)cc1Cl)C1CC1.[C-]#[N+]c1ccc(/C=C/C(=O)C2CC2)cc1. The van der Waals surface area contributed by atoms with Gasteiger partial charge in [-0.25, -0.2) is 4.85 Å². The van der Waals surface area contributed by atoms with Gasteiger partial charge in [0.05, 0.1) is 6.57 Å². The van der Waals surface area contributed by atoms with Crippen molar-refractivity contribution in [3.8, 4) is 0 Å². The summed E-state index contributed by atoms with van der Waals surface area (Å²) in [6, 6.07) is 20.3. The second-order valence-electron chi connectivity index (χ2n) is 11.9. The summed E-state index contributed by atoms with van der Waals surface area (Å²) >= 11 is 15.1. The van der Waals surface area contributed by atoms with Gasteiger partial charge in [-0.3, -0.25) is 14.4 Å². The Hall–Kier alpha value is -3.56. The molecular weight excluding hydrogens is 669 g/mol. The van der Waals surface area contributed by atoms with Crippen molar-refractivity contribution in [3.05, 3.63) is 128 Å². The van der Waals surface area contributed by atoms with Gasteiger partial charge in [0.1, 0.15) is 0 Å². The number of carbonyl (C=O) groups excluding carboxylic acids is 3. The Balaban J connectivity index is 0.000000184. The fourth-order valence-corrected chi connectivity index (χ4v) is 4.39. The van der Waals surface area contributed by atoms with Crippen molar-refractivity contribution in [2.45, 2.75) is 46.5 Å². The van der Waals surface area contributed by atoms with Gasteiger partial charge in [0.25, 0.3) is 0 Å². The van der Waals surface area contributed by atoms with Crippen LogP contribution >= 0.6 is 39.1 Å². The minimum atomic E-state index is -0.300. The minimum absolute atomic E-state index is 0.144. The first-order chi connectivity index (χ1) is 21.3. The number of halogens is 3. The number of benzene rings is 3. The Morgan fingerprint density at radius 3 is 1.71 bits per heavy atom. The third kappa shape index (κ3) is 13.5. The van der Waals surface area contributed by atoms with E-state index in [0.29, 0.717) is 15.7 Å². The van der Waals surface area contributed by atoms with Gasteiger partial charge in [-0.1, -0.05) is 115 Å². The molecular formula is C38H36BrCl2NO3. The van der Waals surface area contributed by atoms with Crippen molar-refractivity contribution in [2.24, 2.45) is 17.3 Å². The van der Waals surface area contributed by atoms with E-state index >= 15 is 0 Å². The van der Waals surface area contributed by atoms with Crippen molar-refractivity contribution < 1.29 is 14.4 Å². The highest BCUT2D eigenvalue weighted by Gasteiger charge is 2.28. The average Bonchev–Trinajstić information content (AvgIpc) is 3.93. The molecule has 2 aliphatic rings. The van der Waals surface area contributed by atoms with Crippen molar-refractivity contribution >= 4 is 80.4 Å². The molecule has 0 aromatic heterocycles. The maximum Gasteiger partial charge on any atom is 0.187 e. The normalized spacial score (nSPS) is 14.3. The Bertz CT molecular complexity index is 1620. The Labute approximate surface area is 284 Å². The van der Waals surface area contributed by atoms with E-state index in [1.54, 1.807) is 54.6 Å². The first kappa shape index (κ1) is 35.9. The quantitative estimate of drug-likeness (QED) is 0.173. The highest BCUT2D eigenvalue weighted by atomic mass is 79.9. The van der Waals surface area contributed by atoms with Gasteiger partial charge in [-0.05, 0) is 90.9 Å². The van der Waals surface area contributed by atoms with Crippen molar-refractivity contribution in [3.63, 3.8) is 0 Å². The molecule has 0 N–H and O–H groups in total. The second kappa shape index (κ2) is 17.2. The minimum Gasteiger partial charge on any atom is -0.295 e. The Morgan fingerprint density at radius 1 is 0.756 bits per heavy atom. The average molecular weight is 706 g/mol. The van der Waals surface area contributed by atoms with E-state index in [4.69, 9.17) is 29.8 Å². The number of carbonyl (C=O) groups is 3. The molecule has 5 rings (SSSR count). The third-order valence-corrected chi connectivity index (χ3v) is 7.94. The molecule has 0 unspecified atom stereocenters. The summed E-state index contributed by atoms with van der Waals surface area (Å²) in [5, 5.41) is 1.17. The number of ketones is 3. The molecule has 4 nitrogen and oxygen atoms in total. The Morgan fingerprint density at radius 2 is 1.24 bits per heavy atom. The topological polar surface area (TPSA) is 55.6 Å². The monoisotopic (exact) mass is 703 g/mol. The molecule has 3 aromatic rings. The molecule has 0 saturated heterocycles. The van der Waals surface area contributed by atoms with Crippen LogP contribution in [0.2, 0.25) is 10.0 Å². The molecule has 0 radical (unpaired) electrons. The van der Waals surface area contributed by atoms with E-state index in [2.05, 4.69) is 20.8 Å². The largest absolute Gasteiger partial charge is 0.295 e. The predicted octanol–water partition coefficient (Wildman–Crippen LogP) is 11.3. The van der Waals surface area contributed by atoms with Crippen LogP contribution in [0.5, 0.6) is 0 Å².